The zero-order valence-electron chi connectivity index (χ0n) is 8.11. The standard InChI is InChI=1S/C11H9BrClFO/c1-5-2-3-8(15)10-9(5)7(14)4-6(12)11(10)13/h4-5H,2-3H2,1H3. The summed E-state index contributed by atoms with van der Waals surface area (Å²) in [6.45, 7) is 1.92. The maximum atomic E-state index is 13.7. The first-order valence-electron chi connectivity index (χ1n) is 4.73. The average molecular weight is 292 g/mol. The maximum Gasteiger partial charge on any atom is 0.164 e. The molecule has 2 rings (SSSR count). The summed E-state index contributed by atoms with van der Waals surface area (Å²) >= 11 is 9.16. The van der Waals surface area contributed by atoms with Gasteiger partial charge in [0.25, 0.3) is 0 Å². The first-order valence-corrected chi connectivity index (χ1v) is 5.90. The van der Waals surface area contributed by atoms with Gasteiger partial charge < -0.3 is 0 Å². The highest BCUT2D eigenvalue weighted by molar-refractivity contribution is 9.10. The number of Topliss-reactive ketones (excluding diaryl/α,β-unsaturated/α-hetero) is 1. The van der Waals surface area contributed by atoms with Crippen LogP contribution in [0.1, 0.15) is 41.6 Å². The van der Waals surface area contributed by atoms with Crippen molar-refractivity contribution in [3.63, 3.8) is 0 Å². The third-order valence-electron chi connectivity index (χ3n) is 2.79. The summed E-state index contributed by atoms with van der Waals surface area (Å²) in [5.74, 6) is -0.349. The largest absolute Gasteiger partial charge is 0.294 e. The summed E-state index contributed by atoms with van der Waals surface area (Å²) < 4.78 is 14.1. The zero-order valence-corrected chi connectivity index (χ0v) is 10.5. The van der Waals surface area contributed by atoms with Crippen LogP contribution in [-0.2, 0) is 0 Å². The number of hydrogen-bond donors (Lipinski definition) is 0. The lowest BCUT2D eigenvalue weighted by molar-refractivity contribution is 0.0967. The normalized spacial score (nSPS) is 20.3. The van der Waals surface area contributed by atoms with Gasteiger partial charge >= 0.3 is 0 Å². The van der Waals surface area contributed by atoms with Crippen molar-refractivity contribution in [3.05, 3.63) is 32.5 Å². The minimum Gasteiger partial charge on any atom is -0.294 e. The van der Waals surface area contributed by atoms with Crippen LogP contribution in [0.4, 0.5) is 4.39 Å². The van der Waals surface area contributed by atoms with Crippen molar-refractivity contribution in [1.82, 2.24) is 0 Å². The van der Waals surface area contributed by atoms with Crippen molar-refractivity contribution in [2.75, 3.05) is 0 Å². The number of ketones is 1. The molecule has 1 aliphatic rings. The predicted molar refractivity (Wildman–Crippen MR) is 61.1 cm³/mol. The van der Waals surface area contributed by atoms with E-state index >= 15 is 0 Å². The van der Waals surface area contributed by atoms with Gasteiger partial charge in [0.2, 0.25) is 0 Å². The molecule has 1 nitrogen and oxygen atoms in total. The second-order valence-electron chi connectivity index (χ2n) is 3.81. The molecule has 0 spiro atoms. The minimum atomic E-state index is -0.346. The first kappa shape index (κ1) is 11.1. The molecule has 1 atom stereocenters. The number of hydrogen-bond acceptors (Lipinski definition) is 1. The van der Waals surface area contributed by atoms with Crippen LogP contribution in [0.3, 0.4) is 0 Å². The quantitative estimate of drug-likeness (QED) is 0.651. The Balaban J connectivity index is 2.76. The summed E-state index contributed by atoms with van der Waals surface area (Å²) in [5.41, 5.74) is 0.835. The van der Waals surface area contributed by atoms with Crippen LogP contribution < -0.4 is 0 Å². The fourth-order valence-electron chi connectivity index (χ4n) is 1.98. The van der Waals surface area contributed by atoms with Crippen LogP contribution in [-0.4, -0.2) is 5.78 Å². The summed E-state index contributed by atoms with van der Waals surface area (Å²) in [7, 11) is 0. The van der Waals surface area contributed by atoms with Crippen LogP contribution in [0, 0.1) is 5.82 Å². The van der Waals surface area contributed by atoms with Crippen LogP contribution >= 0.6 is 27.5 Å². The van der Waals surface area contributed by atoms with Gasteiger partial charge in [0, 0.05) is 22.0 Å². The number of carbonyl (C=O) groups is 1. The first-order chi connectivity index (χ1) is 7.02. The van der Waals surface area contributed by atoms with E-state index in [1.54, 1.807) is 0 Å². The van der Waals surface area contributed by atoms with Crippen LogP contribution in [0.25, 0.3) is 0 Å². The van der Waals surface area contributed by atoms with E-state index in [0.717, 1.165) is 0 Å². The molecular weight excluding hydrogens is 282 g/mol. The smallest absolute Gasteiger partial charge is 0.164 e. The Morgan fingerprint density at radius 2 is 2.27 bits per heavy atom. The molecule has 1 aliphatic carbocycles. The molecule has 0 radical (unpaired) electrons. The van der Waals surface area contributed by atoms with Gasteiger partial charge in [-0.25, -0.2) is 4.39 Å². The highest BCUT2D eigenvalue weighted by atomic mass is 79.9. The van der Waals surface area contributed by atoms with E-state index in [-0.39, 0.29) is 17.5 Å². The molecule has 0 saturated carbocycles. The van der Waals surface area contributed by atoms with E-state index in [4.69, 9.17) is 11.6 Å². The predicted octanol–water partition coefficient (Wildman–Crippen LogP) is 4.32. The molecule has 0 bridgehead atoms. The highest BCUT2D eigenvalue weighted by Crippen LogP contribution is 2.40. The lowest BCUT2D eigenvalue weighted by atomic mass is 9.83. The molecule has 0 aliphatic heterocycles. The summed E-state index contributed by atoms with van der Waals surface area (Å²) in [6, 6.07) is 1.33. The van der Waals surface area contributed by atoms with Gasteiger partial charge in [0.15, 0.2) is 5.78 Å². The number of halogens is 3. The van der Waals surface area contributed by atoms with Crippen LogP contribution in [0.5, 0.6) is 0 Å². The molecule has 1 aromatic rings. The topological polar surface area (TPSA) is 17.1 Å². The second-order valence-corrected chi connectivity index (χ2v) is 5.04. The highest BCUT2D eigenvalue weighted by Gasteiger charge is 2.29. The zero-order chi connectivity index (χ0) is 11.2. The number of carbonyl (C=O) groups excluding carboxylic acids is 1. The van der Waals surface area contributed by atoms with Gasteiger partial charge in [0.05, 0.1) is 5.02 Å². The Kier molecular flexibility index (Phi) is 2.86. The minimum absolute atomic E-state index is 0.0586. The van der Waals surface area contributed by atoms with Crippen molar-refractivity contribution in [2.45, 2.75) is 25.7 Å². The van der Waals surface area contributed by atoms with Crippen molar-refractivity contribution in [2.24, 2.45) is 0 Å². The van der Waals surface area contributed by atoms with Crippen molar-refractivity contribution in [3.8, 4) is 0 Å². The number of rotatable bonds is 0. The fraction of sp³-hybridized carbons (Fsp3) is 0.364. The Morgan fingerprint density at radius 3 is 2.93 bits per heavy atom. The molecule has 0 aromatic heterocycles. The van der Waals surface area contributed by atoms with E-state index < -0.39 is 0 Å². The van der Waals surface area contributed by atoms with Crippen molar-refractivity contribution >= 4 is 33.3 Å². The molecule has 4 heteroatoms. The van der Waals surface area contributed by atoms with E-state index in [1.165, 1.54) is 6.07 Å². The number of benzene rings is 1. The summed E-state index contributed by atoms with van der Waals surface area (Å²) in [4.78, 5) is 11.7. The molecule has 15 heavy (non-hydrogen) atoms. The Bertz CT molecular complexity index is 445. The average Bonchev–Trinajstić information content (AvgIpc) is 2.18. The van der Waals surface area contributed by atoms with Crippen molar-refractivity contribution < 1.29 is 9.18 Å². The van der Waals surface area contributed by atoms with Gasteiger partial charge in [-0.05, 0) is 34.3 Å². The molecule has 0 saturated heterocycles. The molecule has 0 fully saturated rings. The molecule has 1 aromatic carbocycles. The molecule has 80 valence electrons. The summed E-state index contributed by atoms with van der Waals surface area (Å²) in [6.07, 6.45) is 1.14. The Labute approximate surface area is 101 Å². The molecular formula is C11H9BrClFO. The Morgan fingerprint density at radius 1 is 1.60 bits per heavy atom. The van der Waals surface area contributed by atoms with Gasteiger partial charge in [0.1, 0.15) is 5.82 Å². The van der Waals surface area contributed by atoms with Gasteiger partial charge in [-0.1, -0.05) is 18.5 Å². The second kappa shape index (κ2) is 3.87. The Hall–Kier alpha value is -0.410. The van der Waals surface area contributed by atoms with E-state index in [0.29, 0.717) is 33.5 Å². The van der Waals surface area contributed by atoms with Gasteiger partial charge in [-0.15, -0.1) is 0 Å². The van der Waals surface area contributed by atoms with Gasteiger partial charge in [-0.3, -0.25) is 4.79 Å². The van der Waals surface area contributed by atoms with Gasteiger partial charge in [-0.2, -0.15) is 0 Å². The molecule has 0 heterocycles. The molecule has 0 N–H and O–H groups in total. The SMILES string of the molecule is CC1CCC(=O)c2c(Cl)c(Br)cc(F)c21. The third-order valence-corrected chi connectivity index (χ3v) is 4.03. The van der Waals surface area contributed by atoms with Crippen LogP contribution in [0.2, 0.25) is 5.02 Å². The van der Waals surface area contributed by atoms with Crippen molar-refractivity contribution in [1.29, 1.82) is 0 Å². The monoisotopic (exact) mass is 290 g/mol. The lowest BCUT2D eigenvalue weighted by Crippen LogP contribution is -2.16. The fourth-order valence-corrected chi connectivity index (χ4v) is 2.64. The van der Waals surface area contributed by atoms with E-state index in [2.05, 4.69) is 15.9 Å². The lowest BCUT2D eigenvalue weighted by Gasteiger charge is -2.23. The number of fused-ring (bicyclic) bond motifs is 1. The molecule has 0 amide bonds. The maximum absolute atomic E-state index is 13.7. The van der Waals surface area contributed by atoms with Crippen LogP contribution in [0.15, 0.2) is 10.5 Å². The third kappa shape index (κ3) is 1.72. The van der Waals surface area contributed by atoms with E-state index in [9.17, 15) is 9.18 Å². The molecule has 1 unspecified atom stereocenters. The summed E-state index contributed by atoms with van der Waals surface area (Å²) in [5, 5.41) is 0.336. The van der Waals surface area contributed by atoms with E-state index in [1.807, 2.05) is 6.92 Å².